The van der Waals surface area contributed by atoms with E-state index in [0.29, 0.717) is 38.1 Å². The van der Waals surface area contributed by atoms with E-state index in [-0.39, 0.29) is 11.7 Å². The number of hydrogen-bond acceptors (Lipinski definition) is 5. The van der Waals surface area contributed by atoms with Crippen LogP contribution in [0.15, 0.2) is 0 Å². The van der Waals surface area contributed by atoms with E-state index in [2.05, 4.69) is 4.72 Å². The van der Waals surface area contributed by atoms with Gasteiger partial charge >= 0.3 is 0 Å². The molecule has 0 saturated carbocycles. The number of nitrogens with zero attached hydrogens (tertiary/aromatic N) is 1. The number of hydrogen-bond donors (Lipinski definition) is 2. The number of rotatable bonds is 7. The van der Waals surface area contributed by atoms with Crippen molar-refractivity contribution in [3.8, 4) is 0 Å². The van der Waals surface area contributed by atoms with Gasteiger partial charge in [-0.3, -0.25) is 4.79 Å². The van der Waals surface area contributed by atoms with Crippen LogP contribution in [-0.4, -0.2) is 66.8 Å². The SMILES string of the molecule is CCS(=O)(=O)NC(CCSC)C(=O)N1CCC(C)(O)CC1. The Morgan fingerprint density at radius 1 is 1.43 bits per heavy atom. The highest BCUT2D eigenvalue weighted by molar-refractivity contribution is 7.98. The lowest BCUT2D eigenvalue weighted by molar-refractivity contribution is -0.136. The molecular formula is C13H26N2O4S2. The molecule has 0 radical (unpaired) electrons. The Morgan fingerprint density at radius 2 is 2.00 bits per heavy atom. The molecule has 0 aromatic carbocycles. The van der Waals surface area contributed by atoms with Crippen molar-refractivity contribution in [1.82, 2.24) is 9.62 Å². The minimum absolute atomic E-state index is 0.0369. The Labute approximate surface area is 131 Å². The zero-order valence-electron chi connectivity index (χ0n) is 13.0. The fourth-order valence-electron chi connectivity index (χ4n) is 2.20. The third kappa shape index (κ3) is 6.14. The first-order valence-electron chi connectivity index (χ1n) is 7.21. The maximum atomic E-state index is 12.5. The van der Waals surface area contributed by atoms with Crippen molar-refractivity contribution < 1.29 is 18.3 Å². The van der Waals surface area contributed by atoms with E-state index in [1.54, 1.807) is 30.5 Å². The molecule has 6 nitrogen and oxygen atoms in total. The lowest BCUT2D eigenvalue weighted by atomic mass is 9.93. The van der Waals surface area contributed by atoms with Gasteiger partial charge in [0.05, 0.1) is 11.4 Å². The van der Waals surface area contributed by atoms with Crippen LogP contribution in [0.1, 0.15) is 33.1 Å². The van der Waals surface area contributed by atoms with Crippen LogP contribution in [0.2, 0.25) is 0 Å². The Kier molecular flexibility index (Phi) is 6.96. The second kappa shape index (κ2) is 7.80. The molecule has 0 bridgehead atoms. The van der Waals surface area contributed by atoms with Crippen LogP contribution in [0.25, 0.3) is 0 Å². The minimum atomic E-state index is -3.41. The highest BCUT2D eigenvalue weighted by atomic mass is 32.2. The smallest absolute Gasteiger partial charge is 0.240 e. The molecule has 0 aromatic rings. The molecule has 0 spiro atoms. The van der Waals surface area contributed by atoms with Crippen LogP contribution in [0.5, 0.6) is 0 Å². The molecule has 21 heavy (non-hydrogen) atoms. The Balaban J connectivity index is 2.71. The van der Waals surface area contributed by atoms with Gasteiger partial charge in [0.2, 0.25) is 15.9 Å². The molecule has 1 fully saturated rings. The molecule has 8 heteroatoms. The molecule has 0 aromatic heterocycles. The van der Waals surface area contributed by atoms with Gasteiger partial charge in [-0.2, -0.15) is 11.8 Å². The average Bonchev–Trinajstić information content (AvgIpc) is 2.42. The molecular weight excluding hydrogens is 312 g/mol. The van der Waals surface area contributed by atoms with Gasteiger partial charge in [-0.1, -0.05) is 0 Å². The molecule has 124 valence electrons. The molecule has 1 unspecified atom stereocenters. The number of nitrogens with one attached hydrogen (secondary N) is 1. The van der Waals surface area contributed by atoms with Crippen LogP contribution in [0.4, 0.5) is 0 Å². The van der Waals surface area contributed by atoms with E-state index in [9.17, 15) is 18.3 Å². The van der Waals surface area contributed by atoms with Crippen LogP contribution >= 0.6 is 11.8 Å². The highest BCUT2D eigenvalue weighted by Crippen LogP contribution is 2.22. The minimum Gasteiger partial charge on any atom is -0.390 e. The zero-order chi connectivity index (χ0) is 16.1. The van der Waals surface area contributed by atoms with E-state index < -0.39 is 21.7 Å². The molecule has 1 aliphatic rings. The molecule has 1 heterocycles. The van der Waals surface area contributed by atoms with E-state index in [4.69, 9.17) is 0 Å². The maximum absolute atomic E-state index is 12.5. The van der Waals surface area contributed by atoms with Crippen molar-refractivity contribution >= 4 is 27.7 Å². The second-order valence-corrected chi connectivity index (χ2v) is 8.71. The number of aliphatic hydroxyl groups is 1. The first-order chi connectivity index (χ1) is 9.71. The van der Waals surface area contributed by atoms with E-state index in [1.807, 2.05) is 6.26 Å². The fourth-order valence-corrected chi connectivity index (χ4v) is 3.49. The van der Waals surface area contributed by atoms with Crippen molar-refractivity contribution in [1.29, 1.82) is 0 Å². The second-order valence-electron chi connectivity index (χ2n) is 5.68. The normalized spacial score (nSPS) is 20.3. The number of piperidine rings is 1. The van der Waals surface area contributed by atoms with Crippen LogP contribution < -0.4 is 4.72 Å². The third-order valence-corrected chi connectivity index (χ3v) is 5.81. The number of thioether (sulfide) groups is 1. The molecule has 1 amide bonds. The summed E-state index contributed by atoms with van der Waals surface area (Å²) in [7, 11) is -3.41. The lowest BCUT2D eigenvalue weighted by Gasteiger charge is -2.37. The van der Waals surface area contributed by atoms with Gasteiger partial charge in [0, 0.05) is 13.1 Å². The van der Waals surface area contributed by atoms with Crippen molar-refractivity contribution in [2.75, 3.05) is 30.9 Å². The Morgan fingerprint density at radius 3 is 2.48 bits per heavy atom. The number of amides is 1. The van der Waals surface area contributed by atoms with E-state index >= 15 is 0 Å². The van der Waals surface area contributed by atoms with Crippen molar-refractivity contribution in [2.24, 2.45) is 0 Å². The van der Waals surface area contributed by atoms with Crippen molar-refractivity contribution in [3.05, 3.63) is 0 Å². The largest absolute Gasteiger partial charge is 0.390 e. The summed E-state index contributed by atoms with van der Waals surface area (Å²) in [5.41, 5.74) is -0.728. The van der Waals surface area contributed by atoms with E-state index in [1.165, 1.54) is 0 Å². The van der Waals surface area contributed by atoms with Crippen molar-refractivity contribution in [3.63, 3.8) is 0 Å². The molecule has 1 atom stereocenters. The summed E-state index contributed by atoms with van der Waals surface area (Å²) in [6, 6.07) is -0.703. The molecule has 1 saturated heterocycles. The summed E-state index contributed by atoms with van der Waals surface area (Å²) in [5, 5.41) is 9.93. The molecule has 0 aliphatic carbocycles. The van der Waals surface area contributed by atoms with E-state index in [0.717, 1.165) is 0 Å². The molecule has 1 aliphatic heterocycles. The third-order valence-electron chi connectivity index (χ3n) is 3.76. The Hall–Kier alpha value is -0.310. The van der Waals surface area contributed by atoms with Gasteiger partial charge in [-0.05, 0) is 45.1 Å². The maximum Gasteiger partial charge on any atom is 0.240 e. The van der Waals surface area contributed by atoms with Gasteiger partial charge in [0.25, 0.3) is 0 Å². The summed E-state index contributed by atoms with van der Waals surface area (Å²) in [5.74, 6) is 0.496. The summed E-state index contributed by atoms with van der Waals surface area (Å²) in [6.45, 7) is 4.25. The predicted octanol–water partition coefficient (Wildman–Crippen LogP) is 0.421. The van der Waals surface area contributed by atoms with Crippen LogP contribution in [0, 0.1) is 0 Å². The number of carbonyl (C=O) groups excluding carboxylic acids is 1. The summed E-state index contributed by atoms with van der Waals surface area (Å²) >= 11 is 1.58. The zero-order valence-corrected chi connectivity index (χ0v) is 14.6. The molecule has 1 rings (SSSR count). The first-order valence-corrected chi connectivity index (χ1v) is 10.3. The van der Waals surface area contributed by atoms with Gasteiger partial charge < -0.3 is 10.0 Å². The lowest BCUT2D eigenvalue weighted by Crippen LogP contribution is -2.53. The number of carbonyl (C=O) groups is 1. The standard InChI is InChI=1S/C13H26N2O4S2/c1-4-21(18,19)14-11(5-10-20-3)12(16)15-8-6-13(2,17)7-9-15/h11,14,17H,4-10H2,1-3H3. The number of sulfonamides is 1. The first kappa shape index (κ1) is 18.7. The quantitative estimate of drug-likeness (QED) is 0.703. The van der Waals surface area contributed by atoms with Crippen LogP contribution in [-0.2, 0) is 14.8 Å². The topological polar surface area (TPSA) is 86.7 Å². The summed E-state index contributed by atoms with van der Waals surface area (Å²) in [6.07, 6.45) is 3.45. The van der Waals surface area contributed by atoms with Crippen LogP contribution in [0.3, 0.4) is 0 Å². The Bertz CT molecular complexity index is 441. The number of likely N-dealkylation sites (tertiary alicyclic amines) is 1. The van der Waals surface area contributed by atoms with Gasteiger partial charge in [-0.15, -0.1) is 0 Å². The predicted molar refractivity (Wildman–Crippen MR) is 85.8 cm³/mol. The fraction of sp³-hybridized carbons (Fsp3) is 0.923. The molecule has 2 N–H and O–H groups in total. The summed E-state index contributed by atoms with van der Waals surface area (Å²) in [4.78, 5) is 14.2. The van der Waals surface area contributed by atoms with Gasteiger partial charge in [0.1, 0.15) is 6.04 Å². The highest BCUT2D eigenvalue weighted by Gasteiger charge is 2.33. The van der Waals surface area contributed by atoms with Gasteiger partial charge in [0.15, 0.2) is 0 Å². The average molecular weight is 338 g/mol. The van der Waals surface area contributed by atoms with Crippen molar-refractivity contribution in [2.45, 2.75) is 44.8 Å². The summed E-state index contributed by atoms with van der Waals surface area (Å²) < 4.78 is 26.0. The van der Waals surface area contributed by atoms with Gasteiger partial charge in [-0.25, -0.2) is 13.1 Å². The monoisotopic (exact) mass is 338 g/mol.